The van der Waals surface area contributed by atoms with Gasteiger partial charge in [0.25, 0.3) is 0 Å². The maximum absolute atomic E-state index is 13.9. The molecule has 0 saturated heterocycles. The summed E-state index contributed by atoms with van der Waals surface area (Å²) in [6.07, 6.45) is 2.15. The molecule has 0 aliphatic carbocycles. The van der Waals surface area contributed by atoms with Gasteiger partial charge in [-0.2, -0.15) is 0 Å². The normalized spacial score (nSPS) is 10.8. The molecular formula is C16H12F2O3. The molecule has 5 heteroatoms. The molecule has 0 saturated carbocycles. The molecule has 3 nitrogen and oxygen atoms in total. The lowest BCUT2D eigenvalue weighted by molar-refractivity contribution is -0.131. The van der Waals surface area contributed by atoms with E-state index in [1.807, 2.05) is 0 Å². The molecule has 0 fully saturated rings. The van der Waals surface area contributed by atoms with E-state index in [0.717, 1.165) is 17.7 Å². The topological polar surface area (TPSA) is 46.5 Å². The minimum atomic E-state index is -1.13. The van der Waals surface area contributed by atoms with Crippen LogP contribution in [0.5, 0.6) is 11.5 Å². The Balaban J connectivity index is 2.25. The highest BCUT2D eigenvalue weighted by Crippen LogP contribution is 2.28. The lowest BCUT2D eigenvalue weighted by Gasteiger charge is -2.09. The van der Waals surface area contributed by atoms with E-state index in [1.165, 1.54) is 30.3 Å². The van der Waals surface area contributed by atoms with Crippen molar-refractivity contribution in [2.75, 3.05) is 0 Å². The SMILES string of the molecule is Cc1ccc(F)c(Oc2ccc(C=CC(=O)O)cc2F)c1. The van der Waals surface area contributed by atoms with Gasteiger partial charge in [0, 0.05) is 6.08 Å². The molecule has 0 unspecified atom stereocenters. The number of benzene rings is 2. The monoisotopic (exact) mass is 290 g/mol. The first-order chi connectivity index (χ1) is 9.95. The minimum absolute atomic E-state index is 0.0669. The van der Waals surface area contributed by atoms with Gasteiger partial charge in [-0.05, 0) is 48.4 Å². The van der Waals surface area contributed by atoms with E-state index in [0.29, 0.717) is 5.56 Å². The molecule has 0 aromatic heterocycles. The van der Waals surface area contributed by atoms with Gasteiger partial charge < -0.3 is 9.84 Å². The van der Waals surface area contributed by atoms with Gasteiger partial charge in [0.1, 0.15) is 0 Å². The van der Waals surface area contributed by atoms with Crippen molar-refractivity contribution in [3.05, 3.63) is 65.2 Å². The highest BCUT2D eigenvalue weighted by molar-refractivity contribution is 5.85. The third-order valence-corrected chi connectivity index (χ3v) is 2.68. The summed E-state index contributed by atoms with van der Waals surface area (Å²) in [5.41, 5.74) is 1.15. The number of hydrogen-bond acceptors (Lipinski definition) is 2. The fraction of sp³-hybridized carbons (Fsp3) is 0.0625. The molecule has 0 radical (unpaired) electrons. The molecule has 0 aliphatic rings. The number of carboxylic acids is 1. The largest absolute Gasteiger partial charge is 0.478 e. The van der Waals surface area contributed by atoms with Gasteiger partial charge in [-0.15, -0.1) is 0 Å². The second kappa shape index (κ2) is 6.17. The van der Waals surface area contributed by atoms with Crippen LogP contribution in [-0.4, -0.2) is 11.1 Å². The van der Waals surface area contributed by atoms with E-state index < -0.39 is 17.6 Å². The lowest BCUT2D eigenvalue weighted by atomic mass is 10.2. The van der Waals surface area contributed by atoms with Gasteiger partial charge in [-0.1, -0.05) is 12.1 Å². The highest BCUT2D eigenvalue weighted by Gasteiger charge is 2.09. The predicted octanol–water partition coefficient (Wildman–Crippen LogP) is 4.16. The van der Waals surface area contributed by atoms with Crippen LogP contribution in [0.4, 0.5) is 8.78 Å². The molecule has 0 spiro atoms. The van der Waals surface area contributed by atoms with E-state index in [2.05, 4.69) is 0 Å². The Morgan fingerprint density at radius 3 is 2.52 bits per heavy atom. The summed E-state index contributed by atoms with van der Waals surface area (Å²) in [5, 5.41) is 8.50. The third-order valence-electron chi connectivity index (χ3n) is 2.68. The molecule has 0 bridgehead atoms. The van der Waals surface area contributed by atoms with Crippen LogP contribution in [0.1, 0.15) is 11.1 Å². The number of hydrogen-bond donors (Lipinski definition) is 1. The first kappa shape index (κ1) is 14.7. The average molecular weight is 290 g/mol. The summed E-state index contributed by atoms with van der Waals surface area (Å²) in [4.78, 5) is 10.4. The van der Waals surface area contributed by atoms with Crippen LogP contribution < -0.4 is 4.74 Å². The van der Waals surface area contributed by atoms with Crippen molar-refractivity contribution in [3.63, 3.8) is 0 Å². The van der Waals surface area contributed by atoms with Crippen molar-refractivity contribution in [3.8, 4) is 11.5 Å². The van der Waals surface area contributed by atoms with Crippen LogP contribution in [0.2, 0.25) is 0 Å². The maximum Gasteiger partial charge on any atom is 0.328 e. The van der Waals surface area contributed by atoms with Crippen molar-refractivity contribution in [2.45, 2.75) is 6.92 Å². The van der Waals surface area contributed by atoms with Gasteiger partial charge in [-0.25, -0.2) is 13.6 Å². The van der Waals surface area contributed by atoms with Crippen LogP contribution in [0, 0.1) is 18.6 Å². The second-order valence-electron chi connectivity index (χ2n) is 4.40. The Labute approximate surface area is 120 Å². The number of rotatable bonds is 4. The number of halogens is 2. The van der Waals surface area contributed by atoms with Crippen molar-refractivity contribution < 1.29 is 23.4 Å². The van der Waals surface area contributed by atoms with Crippen LogP contribution in [0.15, 0.2) is 42.5 Å². The number of carbonyl (C=O) groups is 1. The fourth-order valence-electron chi connectivity index (χ4n) is 1.68. The Kier molecular flexibility index (Phi) is 4.33. The highest BCUT2D eigenvalue weighted by atomic mass is 19.1. The summed E-state index contributed by atoms with van der Waals surface area (Å²) < 4.78 is 32.6. The maximum atomic E-state index is 13.9. The molecular weight excluding hydrogens is 278 g/mol. The Hall–Kier alpha value is -2.69. The van der Waals surface area contributed by atoms with Crippen molar-refractivity contribution in [1.29, 1.82) is 0 Å². The standard InChI is InChI=1S/C16H12F2O3/c1-10-2-5-12(17)15(8-10)21-14-6-3-11(9-13(14)18)4-7-16(19)20/h2-9H,1H3,(H,19,20). The molecule has 0 aliphatic heterocycles. The van der Waals surface area contributed by atoms with Gasteiger partial charge in [0.15, 0.2) is 23.1 Å². The van der Waals surface area contributed by atoms with Crippen LogP contribution >= 0.6 is 0 Å². The van der Waals surface area contributed by atoms with Crippen LogP contribution in [0.25, 0.3) is 6.08 Å². The third kappa shape index (κ3) is 3.89. The zero-order chi connectivity index (χ0) is 15.4. The first-order valence-corrected chi connectivity index (χ1v) is 6.10. The number of aryl methyl sites for hydroxylation is 1. The summed E-state index contributed by atoms with van der Waals surface area (Å²) in [7, 11) is 0. The summed E-state index contributed by atoms with van der Waals surface area (Å²) in [6.45, 7) is 1.77. The quantitative estimate of drug-likeness (QED) is 0.860. The number of carboxylic acid groups (broad SMARTS) is 1. The number of ether oxygens (including phenoxy) is 1. The molecule has 2 aromatic carbocycles. The molecule has 2 aromatic rings. The van der Waals surface area contributed by atoms with Crippen LogP contribution in [-0.2, 0) is 4.79 Å². The number of aliphatic carboxylic acids is 1. The smallest absolute Gasteiger partial charge is 0.328 e. The van der Waals surface area contributed by atoms with Crippen molar-refractivity contribution in [2.24, 2.45) is 0 Å². The van der Waals surface area contributed by atoms with Crippen LogP contribution in [0.3, 0.4) is 0 Å². The van der Waals surface area contributed by atoms with Crippen molar-refractivity contribution in [1.82, 2.24) is 0 Å². The molecule has 0 atom stereocenters. The summed E-state index contributed by atoms with van der Waals surface area (Å²) in [6, 6.07) is 8.20. The van der Waals surface area contributed by atoms with E-state index in [9.17, 15) is 13.6 Å². The molecule has 0 amide bonds. The van der Waals surface area contributed by atoms with E-state index in [-0.39, 0.29) is 11.5 Å². The van der Waals surface area contributed by atoms with Crippen molar-refractivity contribution >= 4 is 12.0 Å². The summed E-state index contributed by atoms with van der Waals surface area (Å²) >= 11 is 0. The molecule has 1 N–H and O–H groups in total. The Bertz CT molecular complexity index is 709. The molecule has 0 heterocycles. The van der Waals surface area contributed by atoms with Gasteiger partial charge in [0.2, 0.25) is 0 Å². The first-order valence-electron chi connectivity index (χ1n) is 6.10. The average Bonchev–Trinajstić information content (AvgIpc) is 2.43. The Morgan fingerprint density at radius 1 is 1.10 bits per heavy atom. The fourth-order valence-corrected chi connectivity index (χ4v) is 1.68. The molecule has 108 valence electrons. The predicted molar refractivity (Wildman–Crippen MR) is 74.3 cm³/mol. The van der Waals surface area contributed by atoms with Gasteiger partial charge in [0.05, 0.1) is 0 Å². The second-order valence-corrected chi connectivity index (χ2v) is 4.40. The van der Waals surface area contributed by atoms with Gasteiger partial charge >= 0.3 is 5.97 Å². The van der Waals surface area contributed by atoms with E-state index in [4.69, 9.17) is 9.84 Å². The lowest BCUT2D eigenvalue weighted by Crippen LogP contribution is -1.93. The minimum Gasteiger partial charge on any atom is -0.478 e. The van der Waals surface area contributed by atoms with Gasteiger partial charge in [-0.3, -0.25) is 0 Å². The zero-order valence-electron chi connectivity index (χ0n) is 11.1. The van der Waals surface area contributed by atoms with E-state index >= 15 is 0 Å². The zero-order valence-corrected chi connectivity index (χ0v) is 11.1. The summed E-state index contributed by atoms with van der Waals surface area (Å²) in [5.74, 6) is -2.62. The molecule has 21 heavy (non-hydrogen) atoms. The molecule has 2 rings (SSSR count). The Morgan fingerprint density at radius 2 is 1.86 bits per heavy atom. The van der Waals surface area contributed by atoms with E-state index in [1.54, 1.807) is 13.0 Å².